The Bertz CT molecular complexity index is 848. The van der Waals surface area contributed by atoms with E-state index in [2.05, 4.69) is 4.98 Å². The van der Waals surface area contributed by atoms with Gasteiger partial charge in [-0.05, 0) is 24.4 Å². The minimum absolute atomic E-state index is 0.0873. The first kappa shape index (κ1) is 12.4. The second-order valence-corrected chi connectivity index (χ2v) is 4.75. The molecule has 98 valence electrons. The molecule has 0 atom stereocenters. The fraction of sp³-hybridized carbons (Fsp3) is 0.0588. The van der Waals surface area contributed by atoms with Crippen LogP contribution in [0.3, 0.4) is 0 Å². The van der Waals surface area contributed by atoms with E-state index in [-0.39, 0.29) is 11.3 Å². The zero-order chi connectivity index (χ0) is 14.1. The van der Waals surface area contributed by atoms with Crippen LogP contribution in [0, 0.1) is 6.92 Å². The molecule has 0 unspecified atom stereocenters. The average Bonchev–Trinajstić information content (AvgIpc) is 2.48. The van der Waals surface area contributed by atoms with Gasteiger partial charge in [-0.15, -0.1) is 0 Å². The highest BCUT2D eigenvalue weighted by Gasteiger charge is 2.13. The van der Waals surface area contributed by atoms with E-state index in [9.17, 15) is 9.59 Å². The van der Waals surface area contributed by atoms with Gasteiger partial charge in [0.1, 0.15) is 0 Å². The first-order valence-electron chi connectivity index (χ1n) is 6.39. The van der Waals surface area contributed by atoms with Crippen molar-refractivity contribution in [3.63, 3.8) is 0 Å². The van der Waals surface area contributed by atoms with E-state index in [1.807, 2.05) is 30.3 Å². The van der Waals surface area contributed by atoms with Crippen LogP contribution in [-0.4, -0.2) is 10.8 Å². The van der Waals surface area contributed by atoms with Crippen LogP contribution in [0.15, 0.2) is 59.4 Å². The maximum Gasteiger partial charge on any atom is 0.251 e. The molecule has 1 aromatic heterocycles. The predicted molar refractivity (Wildman–Crippen MR) is 79.2 cm³/mol. The number of carbonyl (C=O) groups excluding carboxylic acids is 1. The van der Waals surface area contributed by atoms with E-state index in [0.29, 0.717) is 22.2 Å². The van der Waals surface area contributed by atoms with Gasteiger partial charge in [0.2, 0.25) is 0 Å². The molecule has 0 aliphatic rings. The molecule has 0 aliphatic carbocycles. The monoisotopic (exact) mass is 263 g/mol. The summed E-state index contributed by atoms with van der Waals surface area (Å²) >= 11 is 0. The Morgan fingerprint density at radius 1 is 1.00 bits per heavy atom. The Labute approximate surface area is 115 Å². The number of benzene rings is 2. The first-order chi connectivity index (χ1) is 9.66. The molecule has 3 aromatic rings. The largest absolute Gasteiger partial charge is 0.321 e. The summed E-state index contributed by atoms with van der Waals surface area (Å²) < 4.78 is 0. The number of rotatable bonds is 2. The molecular formula is C17H13NO2. The number of aromatic nitrogens is 1. The van der Waals surface area contributed by atoms with Crippen LogP contribution in [0.5, 0.6) is 0 Å². The summed E-state index contributed by atoms with van der Waals surface area (Å²) in [5.74, 6) is -0.0873. The Morgan fingerprint density at radius 2 is 1.75 bits per heavy atom. The van der Waals surface area contributed by atoms with Crippen molar-refractivity contribution >= 4 is 16.7 Å². The lowest BCUT2D eigenvalue weighted by Crippen LogP contribution is -2.11. The minimum Gasteiger partial charge on any atom is -0.321 e. The lowest BCUT2D eigenvalue weighted by molar-refractivity contribution is 0.104. The molecule has 0 aliphatic heterocycles. The van der Waals surface area contributed by atoms with Crippen LogP contribution in [0.4, 0.5) is 0 Å². The van der Waals surface area contributed by atoms with Gasteiger partial charge in [0.15, 0.2) is 5.78 Å². The molecule has 1 heterocycles. The third-order valence-corrected chi connectivity index (χ3v) is 3.35. The molecule has 1 N–H and O–H groups in total. The quantitative estimate of drug-likeness (QED) is 0.722. The smallest absolute Gasteiger partial charge is 0.251 e. The van der Waals surface area contributed by atoms with E-state index >= 15 is 0 Å². The van der Waals surface area contributed by atoms with Crippen LogP contribution in [0.25, 0.3) is 10.9 Å². The number of aromatic amines is 1. The second kappa shape index (κ2) is 4.78. The van der Waals surface area contributed by atoms with Crippen LogP contribution in [0.2, 0.25) is 0 Å². The van der Waals surface area contributed by atoms with E-state index in [1.54, 1.807) is 31.2 Å². The van der Waals surface area contributed by atoms with Gasteiger partial charge < -0.3 is 4.98 Å². The van der Waals surface area contributed by atoms with E-state index < -0.39 is 0 Å². The highest BCUT2D eigenvalue weighted by molar-refractivity contribution is 6.15. The van der Waals surface area contributed by atoms with Gasteiger partial charge in [-0.1, -0.05) is 42.5 Å². The number of para-hydroxylation sites is 1. The molecule has 0 bridgehead atoms. The van der Waals surface area contributed by atoms with Crippen molar-refractivity contribution in [3.8, 4) is 0 Å². The normalized spacial score (nSPS) is 10.7. The van der Waals surface area contributed by atoms with E-state index in [1.165, 1.54) is 0 Å². The Hall–Kier alpha value is -2.68. The lowest BCUT2D eigenvalue weighted by atomic mass is 10.00. The molecule has 0 radical (unpaired) electrons. The molecule has 2 aromatic carbocycles. The molecule has 3 heteroatoms. The Kier molecular flexibility index (Phi) is 2.95. The third kappa shape index (κ3) is 2.03. The third-order valence-electron chi connectivity index (χ3n) is 3.35. The maximum atomic E-state index is 12.5. The second-order valence-electron chi connectivity index (χ2n) is 4.75. The number of pyridine rings is 1. The van der Waals surface area contributed by atoms with Gasteiger partial charge in [-0.25, -0.2) is 0 Å². The fourth-order valence-electron chi connectivity index (χ4n) is 2.28. The van der Waals surface area contributed by atoms with Crippen LogP contribution in [-0.2, 0) is 0 Å². The number of carbonyl (C=O) groups is 1. The number of fused-ring (bicyclic) bond motifs is 1. The molecule has 3 rings (SSSR count). The maximum absolute atomic E-state index is 12.5. The summed E-state index contributed by atoms with van der Waals surface area (Å²) in [5, 5.41) is 0.865. The van der Waals surface area contributed by atoms with Gasteiger partial charge in [-0.3, -0.25) is 9.59 Å². The zero-order valence-electron chi connectivity index (χ0n) is 11.0. The Balaban J connectivity index is 2.24. The number of ketones is 1. The minimum atomic E-state index is -0.161. The molecule has 0 amide bonds. The number of H-pyrrole nitrogens is 1. The van der Waals surface area contributed by atoms with Crippen molar-refractivity contribution in [2.24, 2.45) is 0 Å². The summed E-state index contributed by atoms with van der Waals surface area (Å²) in [7, 11) is 0. The Morgan fingerprint density at radius 3 is 2.50 bits per heavy atom. The van der Waals surface area contributed by atoms with Gasteiger partial charge in [0.05, 0.1) is 5.52 Å². The molecule has 0 saturated carbocycles. The molecule has 0 spiro atoms. The summed E-state index contributed by atoms with van der Waals surface area (Å²) in [4.78, 5) is 27.1. The van der Waals surface area contributed by atoms with Gasteiger partial charge in [0.25, 0.3) is 5.56 Å². The van der Waals surface area contributed by atoms with Crippen molar-refractivity contribution in [2.45, 2.75) is 6.92 Å². The van der Waals surface area contributed by atoms with Crippen molar-refractivity contribution in [3.05, 3.63) is 81.6 Å². The molecule has 3 nitrogen and oxygen atoms in total. The summed E-state index contributed by atoms with van der Waals surface area (Å²) in [6.45, 7) is 1.75. The summed E-state index contributed by atoms with van der Waals surface area (Å²) in [6.07, 6.45) is 0. The van der Waals surface area contributed by atoms with Gasteiger partial charge in [0, 0.05) is 16.7 Å². The number of hydrogen-bond acceptors (Lipinski definition) is 2. The van der Waals surface area contributed by atoms with Crippen LogP contribution in [0.1, 0.15) is 21.5 Å². The van der Waals surface area contributed by atoms with Gasteiger partial charge >= 0.3 is 0 Å². The SMILES string of the molecule is Cc1cc2cccc(C(=O)c3ccccc3)c2[nH]c1=O. The number of hydrogen-bond donors (Lipinski definition) is 1. The van der Waals surface area contributed by atoms with Crippen LogP contribution < -0.4 is 5.56 Å². The first-order valence-corrected chi connectivity index (χ1v) is 6.39. The van der Waals surface area contributed by atoms with Crippen molar-refractivity contribution in [2.75, 3.05) is 0 Å². The summed E-state index contributed by atoms with van der Waals surface area (Å²) in [5.41, 5.74) is 2.21. The zero-order valence-corrected chi connectivity index (χ0v) is 11.0. The molecule has 0 fully saturated rings. The fourth-order valence-corrected chi connectivity index (χ4v) is 2.28. The highest BCUT2D eigenvalue weighted by atomic mass is 16.1. The highest BCUT2D eigenvalue weighted by Crippen LogP contribution is 2.19. The average molecular weight is 263 g/mol. The molecule has 20 heavy (non-hydrogen) atoms. The standard InChI is InChI=1S/C17H13NO2/c1-11-10-13-8-5-9-14(15(13)18-17(11)20)16(19)12-6-3-2-4-7-12/h2-10H,1H3,(H,18,20). The number of aryl methyl sites for hydroxylation is 1. The summed E-state index contributed by atoms with van der Waals surface area (Å²) in [6, 6.07) is 16.3. The van der Waals surface area contributed by atoms with Gasteiger partial charge in [-0.2, -0.15) is 0 Å². The van der Waals surface area contributed by atoms with E-state index in [4.69, 9.17) is 0 Å². The van der Waals surface area contributed by atoms with Crippen LogP contribution >= 0.6 is 0 Å². The lowest BCUT2D eigenvalue weighted by Gasteiger charge is -2.06. The van der Waals surface area contributed by atoms with Crippen molar-refractivity contribution in [1.82, 2.24) is 4.98 Å². The topological polar surface area (TPSA) is 49.9 Å². The predicted octanol–water partition coefficient (Wildman–Crippen LogP) is 3.07. The van der Waals surface area contributed by atoms with Crippen molar-refractivity contribution < 1.29 is 4.79 Å². The molecular weight excluding hydrogens is 250 g/mol. The molecule has 0 saturated heterocycles. The van der Waals surface area contributed by atoms with E-state index in [0.717, 1.165) is 5.39 Å². The van der Waals surface area contributed by atoms with Crippen molar-refractivity contribution in [1.29, 1.82) is 0 Å². The number of nitrogens with one attached hydrogen (secondary N) is 1.